The number of ether oxygens (including phenoxy) is 3. The monoisotopic (exact) mass is 429 g/mol. The van der Waals surface area contributed by atoms with Crippen LogP contribution in [-0.2, 0) is 12.0 Å². The molecular weight excluding hydrogens is 402 g/mol. The van der Waals surface area contributed by atoms with Crippen LogP contribution in [0.1, 0.15) is 34.5 Å². The Morgan fingerprint density at radius 2 is 1.87 bits per heavy atom. The second kappa shape index (κ2) is 8.05. The summed E-state index contributed by atoms with van der Waals surface area (Å²) in [6.07, 6.45) is 2.35. The van der Waals surface area contributed by atoms with Crippen LogP contribution in [0.15, 0.2) is 24.4 Å². The highest BCUT2D eigenvalue weighted by atomic mass is 16.5. The molecule has 2 N–H and O–H groups in total. The fraction of sp³-hybridized carbons (Fsp3) is 0.455. The maximum absolute atomic E-state index is 13.3. The second-order valence-corrected chi connectivity index (χ2v) is 8.03. The summed E-state index contributed by atoms with van der Waals surface area (Å²) in [7, 11) is 4.69. The van der Waals surface area contributed by atoms with Crippen LogP contribution >= 0.6 is 0 Å². The Morgan fingerprint density at radius 1 is 1.16 bits per heavy atom. The summed E-state index contributed by atoms with van der Waals surface area (Å²) in [6.45, 7) is 1.52. The van der Waals surface area contributed by atoms with E-state index in [-0.39, 0.29) is 12.5 Å². The molecular formula is C22H27N3O6. The quantitative estimate of drug-likeness (QED) is 0.757. The Bertz CT molecular complexity index is 978. The van der Waals surface area contributed by atoms with Gasteiger partial charge in [-0.05, 0) is 18.9 Å². The van der Waals surface area contributed by atoms with Crippen LogP contribution < -0.4 is 14.2 Å². The average molecular weight is 429 g/mol. The van der Waals surface area contributed by atoms with Crippen molar-refractivity contribution in [2.45, 2.75) is 24.8 Å². The molecule has 0 radical (unpaired) electrons. The van der Waals surface area contributed by atoms with Crippen molar-refractivity contribution in [2.24, 2.45) is 0 Å². The number of hydrogen-bond donors (Lipinski definition) is 2. The van der Waals surface area contributed by atoms with Crippen molar-refractivity contribution in [1.29, 1.82) is 0 Å². The summed E-state index contributed by atoms with van der Waals surface area (Å²) in [5.41, 5.74) is 1.67. The number of nitrogens with one attached hydrogen (secondary N) is 1. The van der Waals surface area contributed by atoms with Gasteiger partial charge in [-0.15, -0.1) is 0 Å². The standard InChI is InChI=1S/C22H27N3O6/c1-29-14-9-17(30-2)16(18(10-14)31-3)11-25-13-22(6-4-8-24(12-22)21(27)28)19-15(20(25)26)5-7-23-19/h5,7,9-10,23H,4,6,8,11-13H2,1-3H3,(H,27,28). The summed E-state index contributed by atoms with van der Waals surface area (Å²) in [6, 6.07) is 5.29. The molecule has 9 nitrogen and oxygen atoms in total. The number of carbonyl (C=O) groups excluding carboxylic acids is 1. The summed E-state index contributed by atoms with van der Waals surface area (Å²) in [5, 5.41) is 9.58. The van der Waals surface area contributed by atoms with E-state index in [1.54, 1.807) is 50.6 Å². The number of benzene rings is 1. The molecule has 1 atom stereocenters. The fourth-order valence-corrected chi connectivity index (χ4v) is 4.85. The number of H-pyrrole nitrogens is 1. The predicted molar refractivity (Wildman–Crippen MR) is 112 cm³/mol. The maximum Gasteiger partial charge on any atom is 0.407 e. The van der Waals surface area contributed by atoms with Gasteiger partial charge in [0.05, 0.1) is 39.0 Å². The van der Waals surface area contributed by atoms with Crippen molar-refractivity contribution in [1.82, 2.24) is 14.8 Å². The summed E-state index contributed by atoms with van der Waals surface area (Å²) in [5.74, 6) is 1.62. The molecule has 1 saturated heterocycles. The minimum atomic E-state index is -0.936. The first kappa shape index (κ1) is 20.9. The largest absolute Gasteiger partial charge is 0.496 e. The molecule has 9 heteroatoms. The molecule has 2 aliphatic heterocycles. The number of aromatic amines is 1. The van der Waals surface area contributed by atoms with Gasteiger partial charge in [-0.3, -0.25) is 4.79 Å². The van der Waals surface area contributed by atoms with Gasteiger partial charge in [-0.2, -0.15) is 0 Å². The van der Waals surface area contributed by atoms with E-state index in [0.717, 1.165) is 24.1 Å². The van der Waals surface area contributed by atoms with Crippen molar-refractivity contribution in [3.05, 3.63) is 41.2 Å². The van der Waals surface area contributed by atoms with Gasteiger partial charge in [0, 0.05) is 49.1 Å². The molecule has 2 amide bonds. The molecule has 31 heavy (non-hydrogen) atoms. The Balaban J connectivity index is 1.73. The topological polar surface area (TPSA) is 104 Å². The summed E-state index contributed by atoms with van der Waals surface area (Å²) in [4.78, 5) is 31.4. The molecule has 1 aromatic heterocycles. The number of nitrogens with zero attached hydrogens (tertiary/aromatic N) is 2. The minimum absolute atomic E-state index is 0.103. The van der Waals surface area contributed by atoms with Crippen LogP contribution in [0.4, 0.5) is 4.79 Å². The molecule has 1 aromatic carbocycles. The van der Waals surface area contributed by atoms with Gasteiger partial charge < -0.3 is 34.1 Å². The number of fused-ring (bicyclic) bond motifs is 2. The van der Waals surface area contributed by atoms with E-state index >= 15 is 0 Å². The van der Waals surface area contributed by atoms with Gasteiger partial charge in [0.25, 0.3) is 5.91 Å². The predicted octanol–water partition coefficient (Wildman–Crippen LogP) is 2.71. The van der Waals surface area contributed by atoms with E-state index in [2.05, 4.69) is 4.98 Å². The molecule has 166 valence electrons. The molecule has 2 aromatic rings. The number of hydrogen-bond acceptors (Lipinski definition) is 5. The SMILES string of the molecule is COc1cc(OC)c(CN2CC3(CCCN(C(=O)O)C3)c3[nH]ccc3C2=O)c(OC)c1. The number of piperidine rings is 1. The van der Waals surface area contributed by atoms with E-state index in [4.69, 9.17) is 14.2 Å². The third kappa shape index (κ3) is 3.54. The van der Waals surface area contributed by atoms with Gasteiger partial charge >= 0.3 is 6.09 Å². The number of methoxy groups -OCH3 is 3. The van der Waals surface area contributed by atoms with Crippen molar-refractivity contribution in [3.63, 3.8) is 0 Å². The highest BCUT2D eigenvalue weighted by Crippen LogP contribution is 2.42. The lowest BCUT2D eigenvalue weighted by molar-refractivity contribution is 0.0526. The van der Waals surface area contributed by atoms with Crippen LogP contribution in [0.3, 0.4) is 0 Å². The number of amides is 2. The Kier molecular flexibility index (Phi) is 5.43. The normalized spacial score (nSPS) is 20.5. The van der Waals surface area contributed by atoms with Gasteiger partial charge in [0.15, 0.2) is 0 Å². The third-order valence-electron chi connectivity index (χ3n) is 6.30. The zero-order valence-electron chi connectivity index (χ0n) is 17.9. The smallest absolute Gasteiger partial charge is 0.407 e. The van der Waals surface area contributed by atoms with Crippen LogP contribution in [0.25, 0.3) is 0 Å². The Labute approximate surface area is 180 Å². The van der Waals surface area contributed by atoms with Crippen molar-refractivity contribution in [2.75, 3.05) is 41.0 Å². The molecule has 0 aliphatic carbocycles. The lowest BCUT2D eigenvalue weighted by Gasteiger charge is -2.47. The molecule has 1 unspecified atom stereocenters. The fourth-order valence-electron chi connectivity index (χ4n) is 4.85. The second-order valence-electron chi connectivity index (χ2n) is 8.03. The van der Waals surface area contributed by atoms with Gasteiger partial charge in [0.1, 0.15) is 17.2 Å². The van der Waals surface area contributed by atoms with Crippen LogP contribution in [-0.4, -0.2) is 72.9 Å². The summed E-state index contributed by atoms with van der Waals surface area (Å²) < 4.78 is 16.4. The van der Waals surface area contributed by atoms with E-state index in [9.17, 15) is 14.7 Å². The number of aromatic nitrogens is 1. The molecule has 1 fully saturated rings. The van der Waals surface area contributed by atoms with E-state index in [0.29, 0.717) is 42.4 Å². The van der Waals surface area contributed by atoms with Gasteiger partial charge in [-0.25, -0.2) is 4.79 Å². The molecule has 3 heterocycles. The number of rotatable bonds is 5. The minimum Gasteiger partial charge on any atom is -0.496 e. The lowest BCUT2D eigenvalue weighted by atomic mass is 9.73. The molecule has 2 aliphatic rings. The zero-order chi connectivity index (χ0) is 22.2. The maximum atomic E-state index is 13.3. The Morgan fingerprint density at radius 3 is 2.48 bits per heavy atom. The highest BCUT2D eigenvalue weighted by molar-refractivity contribution is 5.97. The first-order chi connectivity index (χ1) is 14.9. The zero-order valence-corrected chi connectivity index (χ0v) is 17.9. The van der Waals surface area contributed by atoms with E-state index in [1.165, 1.54) is 4.90 Å². The molecule has 0 saturated carbocycles. The Hall–Kier alpha value is -3.36. The third-order valence-corrected chi connectivity index (χ3v) is 6.30. The highest BCUT2D eigenvalue weighted by Gasteiger charge is 2.47. The molecule has 0 bridgehead atoms. The first-order valence-corrected chi connectivity index (χ1v) is 10.2. The van der Waals surface area contributed by atoms with Gasteiger partial charge in [-0.1, -0.05) is 0 Å². The van der Waals surface area contributed by atoms with E-state index < -0.39 is 11.5 Å². The van der Waals surface area contributed by atoms with Crippen molar-refractivity contribution >= 4 is 12.0 Å². The number of carbonyl (C=O) groups is 2. The number of likely N-dealkylation sites (tertiary alicyclic amines) is 1. The molecule has 4 rings (SSSR count). The lowest BCUT2D eigenvalue weighted by Crippen LogP contribution is -2.57. The number of carboxylic acid groups (broad SMARTS) is 1. The summed E-state index contributed by atoms with van der Waals surface area (Å²) >= 11 is 0. The van der Waals surface area contributed by atoms with Crippen LogP contribution in [0.5, 0.6) is 17.2 Å². The first-order valence-electron chi connectivity index (χ1n) is 10.2. The van der Waals surface area contributed by atoms with Crippen molar-refractivity contribution < 1.29 is 28.9 Å². The van der Waals surface area contributed by atoms with Crippen LogP contribution in [0.2, 0.25) is 0 Å². The molecule has 1 spiro atoms. The van der Waals surface area contributed by atoms with E-state index in [1.807, 2.05) is 0 Å². The van der Waals surface area contributed by atoms with Gasteiger partial charge in [0.2, 0.25) is 0 Å². The van der Waals surface area contributed by atoms with Crippen molar-refractivity contribution in [3.8, 4) is 17.2 Å². The average Bonchev–Trinajstić information content (AvgIpc) is 3.29. The van der Waals surface area contributed by atoms with Crippen LogP contribution in [0, 0.1) is 0 Å².